The number of benzene rings is 3. The minimum absolute atomic E-state index is 0.141. The number of rotatable bonds is 6. The molecule has 1 heterocycles. The van der Waals surface area contributed by atoms with E-state index >= 15 is 0 Å². The Bertz CT molecular complexity index is 1350. The Kier molecular flexibility index (Phi) is 7.22. The molecule has 0 bridgehead atoms. The van der Waals surface area contributed by atoms with Crippen LogP contribution in [-0.2, 0) is 11.2 Å². The van der Waals surface area contributed by atoms with Crippen molar-refractivity contribution >= 4 is 64.0 Å². The fraction of sp³-hybridized carbons (Fsp3) is 0.0833. The minimum Gasteiger partial charge on any atom is -0.481 e. The summed E-state index contributed by atoms with van der Waals surface area (Å²) in [6.45, 7) is 0. The maximum absolute atomic E-state index is 12.1. The van der Waals surface area contributed by atoms with Crippen LogP contribution in [0.1, 0.15) is 17.2 Å². The number of hydrogen-bond donors (Lipinski definition) is 1. The first kappa shape index (κ1) is 23.9. The van der Waals surface area contributed by atoms with E-state index in [0.717, 1.165) is 5.56 Å². The topological polar surface area (TPSA) is 55.1 Å². The number of nitrogens with zero attached hydrogens (tertiary/aromatic N) is 2. The van der Waals surface area contributed by atoms with Crippen LogP contribution in [0.3, 0.4) is 0 Å². The maximum Gasteiger partial charge on any atom is 0.311 e. The zero-order chi connectivity index (χ0) is 23.7. The number of carboxylic acids is 1. The van der Waals surface area contributed by atoms with Gasteiger partial charge in [-0.05, 0) is 54.1 Å². The van der Waals surface area contributed by atoms with Crippen molar-refractivity contribution in [3.63, 3.8) is 0 Å². The summed E-state index contributed by atoms with van der Waals surface area (Å²) in [6, 6.07) is 18.9. The first-order chi connectivity index (χ1) is 15.7. The van der Waals surface area contributed by atoms with Crippen molar-refractivity contribution in [3.05, 3.63) is 103 Å². The molecule has 0 fully saturated rings. The van der Waals surface area contributed by atoms with Gasteiger partial charge in [-0.25, -0.2) is 4.68 Å². The molecule has 168 valence electrons. The highest BCUT2D eigenvalue weighted by molar-refractivity contribution is 6.42. The Morgan fingerprint density at radius 3 is 2.27 bits per heavy atom. The average Bonchev–Trinajstić information content (AvgIpc) is 3.17. The molecule has 33 heavy (non-hydrogen) atoms. The molecule has 1 aromatic heterocycles. The quantitative estimate of drug-likeness (QED) is 0.268. The highest BCUT2D eigenvalue weighted by Gasteiger charge is 2.24. The van der Waals surface area contributed by atoms with Crippen LogP contribution in [0.5, 0.6) is 0 Å². The van der Waals surface area contributed by atoms with Crippen LogP contribution in [0.25, 0.3) is 16.9 Å². The van der Waals surface area contributed by atoms with Crippen LogP contribution in [0.2, 0.25) is 25.1 Å². The van der Waals surface area contributed by atoms with Crippen molar-refractivity contribution in [1.82, 2.24) is 9.78 Å². The van der Waals surface area contributed by atoms with Gasteiger partial charge in [-0.1, -0.05) is 76.2 Å². The lowest BCUT2D eigenvalue weighted by molar-refractivity contribution is -0.138. The largest absolute Gasteiger partial charge is 0.481 e. The summed E-state index contributed by atoms with van der Waals surface area (Å²) in [4.78, 5) is 12.1. The van der Waals surface area contributed by atoms with E-state index in [2.05, 4.69) is 5.10 Å². The Labute approximate surface area is 215 Å². The molecule has 4 nitrogen and oxygen atoms in total. The van der Waals surface area contributed by atoms with Crippen molar-refractivity contribution in [1.29, 1.82) is 0 Å². The predicted molar refractivity (Wildman–Crippen MR) is 135 cm³/mol. The number of halogens is 5. The second kappa shape index (κ2) is 9.96. The van der Waals surface area contributed by atoms with E-state index < -0.39 is 11.9 Å². The number of carbonyl (C=O) groups is 1. The molecular formula is C24H15Cl5N2O2. The van der Waals surface area contributed by atoms with Gasteiger partial charge in [-0.15, -0.1) is 0 Å². The first-order valence-corrected chi connectivity index (χ1v) is 11.6. The minimum atomic E-state index is -0.979. The van der Waals surface area contributed by atoms with Crippen LogP contribution in [-0.4, -0.2) is 20.9 Å². The maximum atomic E-state index is 12.1. The molecule has 1 N–H and O–H groups in total. The van der Waals surface area contributed by atoms with Gasteiger partial charge in [-0.3, -0.25) is 4.79 Å². The van der Waals surface area contributed by atoms with Gasteiger partial charge in [0.15, 0.2) is 0 Å². The van der Waals surface area contributed by atoms with Gasteiger partial charge in [0.05, 0.1) is 38.1 Å². The van der Waals surface area contributed by atoms with Gasteiger partial charge in [0.1, 0.15) is 0 Å². The third-order valence-electron chi connectivity index (χ3n) is 5.08. The smallest absolute Gasteiger partial charge is 0.311 e. The highest BCUT2D eigenvalue weighted by atomic mass is 35.5. The van der Waals surface area contributed by atoms with Crippen LogP contribution in [0.4, 0.5) is 0 Å². The first-order valence-electron chi connectivity index (χ1n) is 9.71. The molecule has 9 heteroatoms. The third kappa shape index (κ3) is 5.32. The van der Waals surface area contributed by atoms with Gasteiger partial charge >= 0.3 is 5.97 Å². The van der Waals surface area contributed by atoms with Crippen LogP contribution < -0.4 is 0 Å². The van der Waals surface area contributed by atoms with Gasteiger partial charge in [0, 0.05) is 22.0 Å². The zero-order valence-corrected chi connectivity index (χ0v) is 20.6. The van der Waals surface area contributed by atoms with Crippen LogP contribution in [0.15, 0.2) is 66.7 Å². The van der Waals surface area contributed by atoms with E-state index in [1.165, 1.54) is 0 Å². The monoisotopic (exact) mass is 538 g/mol. The summed E-state index contributed by atoms with van der Waals surface area (Å²) in [5, 5.41) is 16.7. The second-order valence-electron chi connectivity index (χ2n) is 7.31. The molecule has 0 amide bonds. The summed E-state index contributed by atoms with van der Waals surface area (Å²) in [7, 11) is 0. The number of aliphatic carboxylic acids is 1. The molecule has 0 saturated heterocycles. The van der Waals surface area contributed by atoms with Crippen molar-refractivity contribution in [2.45, 2.75) is 12.3 Å². The fourth-order valence-electron chi connectivity index (χ4n) is 3.51. The molecule has 1 unspecified atom stereocenters. The molecule has 0 saturated carbocycles. The van der Waals surface area contributed by atoms with Gasteiger partial charge in [0.25, 0.3) is 0 Å². The molecule has 1 atom stereocenters. The van der Waals surface area contributed by atoms with Crippen molar-refractivity contribution in [2.24, 2.45) is 0 Å². The summed E-state index contributed by atoms with van der Waals surface area (Å²) < 4.78 is 1.64. The van der Waals surface area contributed by atoms with Crippen LogP contribution >= 0.6 is 58.0 Å². The second-order valence-corrected chi connectivity index (χ2v) is 9.40. The van der Waals surface area contributed by atoms with Gasteiger partial charge in [0.2, 0.25) is 0 Å². The Morgan fingerprint density at radius 1 is 0.848 bits per heavy atom. The van der Waals surface area contributed by atoms with E-state index in [9.17, 15) is 9.90 Å². The van der Waals surface area contributed by atoms with Gasteiger partial charge < -0.3 is 5.11 Å². The van der Waals surface area contributed by atoms with Gasteiger partial charge in [-0.2, -0.15) is 5.10 Å². The number of hydrogen-bond acceptors (Lipinski definition) is 2. The lowest BCUT2D eigenvalue weighted by Crippen LogP contribution is -2.15. The van der Waals surface area contributed by atoms with Crippen LogP contribution in [0, 0.1) is 0 Å². The summed E-state index contributed by atoms with van der Waals surface area (Å²) >= 11 is 30.9. The summed E-state index contributed by atoms with van der Waals surface area (Å²) in [6.07, 6.45) is 0.141. The number of carboxylic acid groups (broad SMARTS) is 1. The molecule has 4 aromatic rings. The van der Waals surface area contributed by atoms with Crippen molar-refractivity contribution < 1.29 is 9.90 Å². The van der Waals surface area contributed by atoms with E-state index in [4.69, 9.17) is 58.0 Å². The number of aromatic nitrogens is 2. The highest BCUT2D eigenvalue weighted by Crippen LogP contribution is 2.34. The summed E-state index contributed by atoms with van der Waals surface area (Å²) in [5.74, 6) is -1.82. The molecule has 4 rings (SSSR count). The Hall–Kier alpha value is -2.21. The molecule has 0 radical (unpaired) electrons. The molecule has 0 spiro atoms. The lowest BCUT2D eigenvalue weighted by atomic mass is 9.94. The van der Waals surface area contributed by atoms with E-state index in [1.807, 2.05) is 6.07 Å². The van der Waals surface area contributed by atoms with E-state index in [0.29, 0.717) is 47.8 Å². The third-order valence-corrected chi connectivity index (χ3v) is 6.59. The average molecular weight is 541 g/mol. The molecular weight excluding hydrogens is 526 g/mol. The van der Waals surface area contributed by atoms with E-state index in [-0.39, 0.29) is 6.42 Å². The van der Waals surface area contributed by atoms with E-state index in [1.54, 1.807) is 65.3 Å². The normalized spacial score (nSPS) is 12.0. The molecule has 3 aromatic carbocycles. The SMILES string of the molecule is O=C(O)C(Cc1cc(-c2ccc(Cl)c(Cl)c2)n(-c2ccc(Cl)cc2Cl)n1)c1cccc(Cl)c1. The molecule has 0 aliphatic carbocycles. The Morgan fingerprint density at radius 2 is 1.61 bits per heavy atom. The summed E-state index contributed by atoms with van der Waals surface area (Å²) in [5.41, 5.74) is 3.13. The zero-order valence-electron chi connectivity index (χ0n) is 16.8. The molecule has 0 aliphatic rings. The standard InChI is InChI=1S/C24H15Cl5N2O2/c25-15-3-1-2-13(8-15)18(24(32)33)11-17-12-23(14-4-6-19(27)20(28)9-14)31(30-17)22-7-5-16(26)10-21(22)29/h1-10,12,18H,11H2,(H,32,33). The fourth-order valence-corrected chi connectivity index (χ4v) is 4.49. The van der Waals surface area contributed by atoms with Crippen molar-refractivity contribution in [3.8, 4) is 16.9 Å². The lowest BCUT2D eigenvalue weighted by Gasteiger charge is -2.12. The molecule has 0 aliphatic heterocycles. The predicted octanol–water partition coefficient (Wildman–Crippen LogP) is 8.22. The van der Waals surface area contributed by atoms with Crippen molar-refractivity contribution in [2.75, 3.05) is 0 Å². The Balaban J connectivity index is 1.83.